The second-order valence-electron chi connectivity index (χ2n) is 5.93. The van der Waals surface area contributed by atoms with E-state index in [0.29, 0.717) is 17.9 Å². The first-order valence-corrected chi connectivity index (χ1v) is 8.38. The minimum absolute atomic E-state index is 0.629. The van der Waals surface area contributed by atoms with Gasteiger partial charge in [-0.1, -0.05) is 26.7 Å². The Kier molecular flexibility index (Phi) is 5.64. The number of aromatic nitrogens is 2. The van der Waals surface area contributed by atoms with Crippen LogP contribution in [0, 0.1) is 5.92 Å². The molecule has 1 aliphatic rings. The van der Waals surface area contributed by atoms with Crippen LogP contribution in [0.3, 0.4) is 0 Å². The fraction of sp³-hybridized carbons (Fsp3) is 0.733. The van der Waals surface area contributed by atoms with Gasteiger partial charge in [0.25, 0.3) is 0 Å². The van der Waals surface area contributed by atoms with Crippen LogP contribution in [0.4, 0.5) is 11.8 Å². The molecule has 0 spiro atoms. The molecule has 0 aliphatic heterocycles. The second-order valence-corrected chi connectivity index (χ2v) is 6.78. The number of nitrogens with one attached hydrogen (secondary N) is 1. The molecule has 0 unspecified atom stereocenters. The topological polar surface area (TPSA) is 41.1 Å². The number of hydrogen-bond acceptors (Lipinski definition) is 4. The van der Waals surface area contributed by atoms with Gasteiger partial charge < -0.3 is 10.2 Å². The van der Waals surface area contributed by atoms with E-state index in [1.54, 1.807) is 0 Å². The highest BCUT2D eigenvalue weighted by Crippen LogP contribution is 2.32. The van der Waals surface area contributed by atoms with Crippen molar-refractivity contribution in [2.75, 3.05) is 23.8 Å². The number of rotatable bonds is 6. The molecule has 2 rings (SSSR count). The van der Waals surface area contributed by atoms with Crippen LogP contribution in [0.2, 0.25) is 0 Å². The maximum absolute atomic E-state index is 4.67. The molecule has 0 aromatic carbocycles. The van der Waals surface area contributed by atoms with E-state index >= 15 is 0 Å². The first kappa shape index (κ1) is 15.5. The molecule has 1 heterocycles. The summed E-state index contributed by atoms with van der Waals surface area (Å²) in [6.07, 6.45) is 8.29. The first-order valence-electron chi connectivity index (χ1n) is 7.58. The lowest BCUT2D eigenvalue weighted by Gasteiger charge is -2.31. The quantitative estimate of drug-likeness (QED) is 0.847. The molecule has 20 heavy (non-hydrogen) atoms. The van der Waals surface area contributed by atoms with Gasteiger partial charge in [-0.05, 0) is 41.1 Å². The van der Waals surface area contributed by atoms with Gasteiger partial charge in [-0.3, -0.25) is 0 Å². The largest absolute Gasteiger partial charge is 0.357 e. The smallest absolute Gasteiger partial charge is 0.224 e. The van der Waals surface area contributed by atoms with Crippen molar-refractivity contribution in [1.82, 2.24) is 9.97 Å². The molecule has 112 valence electrons. The summed E-state index contributed by atoms with van der Waals surface area (Å²) in [7, 11) is 1.86. The van der Waals surface area contributed by atoms with Crippen molar-refractivity contribution in [3.63, 3.8) is 0 Å². The molecular formula is C15H25BrN4. The van der Waals surface area contributed by atoms with Gasteiger partial charge >= 0.3 is 0 Å². The molecule has 0 saturated heterocycles. The molecule has 1 aliphatic carbocycles. The summed E-state index contributed by atoms with van der Waals surface area (Å²) in [5.41, 5.74) is 0. The van der Waals surface area contributed by atoms with Gasteiger partial charge in [0.05, 0.1) is 4.47 Å². The first-order chi connectivity index (χ1) is 9.61. The Labute approximate surface area is 130 Å². The summed E-state index contributed by atoms with van der Waals surface area (Å²) in [4.78, 5) is 11.4. The van der Waals surface area contributed by atoms with Gasteiger partial charge in [-0.25, -0.2) is 4.98 Å². The van der Waals surface area contributed by atoms with Gasteiger partial charge in [0, 0.05) is 25.8 Å². The molecule has 1 aromatic heterocycles. The Balaban J connectivity index is 2.24. The molecule has 0 bridgehead atoms. The van der Waals surface area contributed by atoms with E-state index in [9.17, 15) is 0 Å². The van der Waals surface area contributed by atoms with Crippen molar-refractivity contribution in [1.29, 1.82) is 0 Å². The third-order valence-corrected chi connectivity index (χ3v) is 4.49. The molecule has 1 fully saturated rings. The van der Waals surface area contributed by atoms with E-state index in [-0.39, 0.29) is 0 Å². The van der Waals surface area contributed by atoms with Gasteiger partial charge in [-0.2, -0.15) is 4.98 Å². The van der Waals surface area contributed by atoms with Crippen LogP contribution < -0.4 is 10.2 Å². The van der Waals surface area contributed by atoms with Crippen LogP contribution in [0.5, 0.6) is 0 Å². The standard InChI is InChI=1S/C15H25BrN4/c1-11(2)8-9-20(12-6-4-5-7-12)14-13(16)10-18-15(17-3)19-14/h10-12H,4-9H2,1-3H3,(H,17,18,19). The van der Waals surface area contributed by atoms with Crippen molar-refractivity contribution in [3.8, 4) is 0 Å². The summed E-state index contributed by atoms with van der Waals surface area (Å²) in [6, 6.07) is 0.629. The van der Waals surface area contributed by atoms with E-state index in [0.717, 1.165) is 16.8 Å². The number of anilines is 2. The summed E-state index contributed by atoms with van der Waals surface area (Å²) >= 11 is 3.62. The summed E-state index contributed by atoms with van der Waals surface area (Å²) in [5.74, 6) is 2.44. The Hall–Kier alpha value is -0.840. The number of halogens is 1. The molecule has 1 saturated carbocycles. The van der Waals surface area contributed by atoms with Crippen molar-refractivity contribution < 1.29 is 0 Å². The Morgan fingerprint density at radius 2 is 2.10 bits per heavy atom. The SMILES string of the molecule is CNc1ncc(Br)c(N(CCC(C)C)C2CCCC2)n1. The fourth-order valence-corrected chi connectivity index (χ4v) is 3.17. The van der Waals surface area contributed by atoms with Gasteiger partial charge in [-0.15, -0.1) is 0 Å². The van der Waals surface area contributed by atoms with Crippen LogP contribution in [-0.2, 0) is 0 Å². The predicted octanol–water partition coefficient (Wildman–Crippen LogP) is 4.08. The minimum Gasteiger partial charge on any atom is -0.357 e. The third kappa shape index (κ3) is 3.84. The third-order valence-electron chi connectivity index (χ3n) is 3.93. The van der Waals surface area contributed by atoms with E-state index in [1.807, 2.05) is 13.2 Å². The predicted molar refractivity (Wildman–Crippen MR) is 88.3 cm³/mol. The molecule has 5 heteroatoms. The fourth-order valence-electron chi connectivity index (χ4n) is 2.75. The minimum atomic E-state index is 0.629. The monoisotopic (exact) mass is 340 g/mol. The Morgan fingerprint density at radius 1 is 1.40 bits per heavy atom. The maximum atomic E-state index is 4.67. The van der Waals surface area contributed by atoms with E-state index in [4.69, 9.17) is 0 Å². The molecule has 0 atom stereocenters. The zero-order valence-electron chi connectivity index (χ0n) is 12.7. The maximum Gasteiger partial charge on any atom is 0.224 e. The average Bonchev–Trinajstić information content (AvgIpc) is 2.94. The van der Waals surface area contributed by atoms with Crippen molar-refractivity contribution in [2.45, 2.75) is 52.0 Å². The highest BCUT2D eigenvalue weighted by atomic mass is 79.9. The normalized spacial score (nSPS) is 15.8. The van der Waals surface area contributed by atoms with Crippen LogP contribution in [0.1, 0.15) is 46.0 Å². The number of hydrogen-bond donors (Lipinski definition) is 1. The zero-order chi connectivity index (χ0) is 14.5. The number of nitrogens with zero attached hydrogens (tertiary/aromatic N) is 3. The molecule has 1 aromatic rings. The Morgan fingerprint density at radius 3 is 2.70 bits per heavy atom. The lowest BCUT2D eigenvalue weighted by molar-refractivity contribution is 0.524. The molecule has 1 N–H and O–H groups in total. The lowest BCUT2D eigenvalue weighted by atomic mass is 10.1. The van der Waals surface area contributed by atoms with Crippen LogP contribution in [0.15, 0.2) is 10.7 Å². The second kappa shape index (κ2) is 7.25. The highest BCUT2D eigenvalue weighted by Gasteiger charge is 2.25. The molecule has 4 nitrogen and oxygen atoms in total. The van der Waals surface area contributed by atoms with E-state index in [1.165, 1.54) is 32.1 Å². The van der Waals surface area contributed by atoms with Gasteiger partial charge in [0.2, 0.25) is 5.95 Å². The molecular weight excluding hydrogens is 316 g/mol. The van der Waals surface area contributed by atoms with Crippen LogP contribution in [-0.4, -0.2) is 29.6 Å². The van der Waals surface area contributed by atoms with E-state index in [2.05, 4.69) is 50.0 Å². The molecule has 0 amide bonds. The lowest BCUT2D eigenvalue weighted by Crippen LogP contribution is -2.36. The van der Waals surface area contributed by atoms with Crippen molar-refractivity contribution in [3.05, 3.63) is 10.7 Å². The average molecular weight is 341 g/mol. The van der Waals surface area contributed by atoms with Crippen LogP contribution >= 0.6 is 15.9 Å². The Bertz CT molecular complexity index is 430. The summed E-state index contributed by atoms with van der Waals surface area (Å²) in [5, 5.41) is 3.04. The van der Waals surface area contributed by atoms with Gasteiger partial charge in [0.1, 0.15) is 5.82 Å². The van der Waals surface area contributed by atoms with Crippen molar-refractivity contribution in [2.24, 2.45) is 5.92 Å². The molecule has 0 radical (unpaired) electrons. The highest BCUT2D eigenvalue weighted by molar-refractivity contribution is 9.10. The summed E-state index contributed by atoms with van der Waals surface area (Å²) < 4.78 is 0.993. The zero-order valence-corrected chi connectivity index (χ0v) is 14.3. The summed E-state index contributed by atoms with van der Waals surface area (Å²) in [6.45, 7) is 5.63. The van der Waals surface area contributed by atoms with E-state index < -0.39 is 0 Å². The van der Waals surface area contributed by atoms with Gasteiger partial charge in [0.15, 0.2) is 0 Å². The van der Waals surface area contributed by atoms with Crippen LogP contribution in [0.25, 0.3) is 0 Å². The van der Waals surface area contributed by atoms with Crippen molar-refractivity contribution >= 4 is 27.7 Å².